The van der Waals surface area contributed by atoms with Crippen LogP contribution in [0.1, 0.15) is 0 Å². The highest BCUT2D eigenvalue weighted by molar-refractivity contribution is 9.10. The van der Waals surface area contributed by atoms with Gasteiger partial charge < -0.3 is 10.5 Å². The van der Waals surface area contributed by atoms with Gasteiger partial charge >= 0.3 is 0 Å². The van der Waals surface area contributed by atoms with Crippen molar-refractivity contribution in [1.29, 1.82) is 0 Å². The fourth-order valence-electron chi connectivity index (χ4n) is 1.54. The first kappa shape index (κ1) is 14.8. The molecule has 0 saturated heterocycles. The van der Waals surface area contributed by atoms with Gasteiger partial charge in [-0.05, 0) is 30.3 Å². The molecule has 0 unspecified atom stereocenters. The van der Waals surface area contributed by atoms with Gasteiger partial charge in [0.1, 0.15) is 4.90 Å². The Hall–Kier alpha value is -1.64. The van der Waals surface area contributed by atoms with Crippen LogP contribution < -0.4 is 15.6 Å². The third-order valence-electron chi connectivity index (χ3n) is 2.45. The smallest absolute Gasteiger partial charge is 0.240 e. The third-order valence-corrected chi connectivity index (χ3v) is 3.91. The second kappa shape index (κ2) is 5.39. The molecule has 106 valence electrons. The van der Waals surface area contributed by atoms with Gasteiger partial charge in [0.05, 0.1) is 5.69 Å². The van der Waals surface area contributed by atoms with Gasteiger partial charge in [-0.2, -0.15) is 0 Å². The Balaban J connectivity index is 2.45. The number of anilines is 1. The summed E-state index contributed by atoms with van der Waals surface area (Å²) in [6, 6.07) is 8.26. The van der Waals surface area contributed by atoms with Gasteiger partial charge in [-0.1, -0.05) is 22.0 Å². The van der Waals surface area contributed by atoms with Crippen molar-refractivity contribution < 1.29 is 17.5 Å². The average molecular weight is 361 g/mol. The molecule has 5 nitrogen and oxygen atoms in total. The zero-order chi connectivity index (χ0) is 14.9. The van der Waals surface area contributed by atoms with E-state index in [1.807, 2.05) is 0 Å². The number of para-hydroxylation sites is 1. The molecule has 0 aliphatic heterocycles. The van der Waals surface area contributed by atoms with Crippen LogP contribution in [0.25, 0.3) is 0 Å². The largest absolute Gasteiger partial charge is 0.452 e. The summed E-state index contributed by atoms with van der Waals surface area (Å²) in [6.45, 7) is 0. The minimum atomic E-state index is -3.97. The Morgan fingerprint density at radius 1 is 1.15 bits per heavy atom. The van der Waals surface area contributed by atoms with Crippen LogP contribution in [0, 0.1) is 5.82 Å². The number of halogens is 2. The number of primary sulfonamides is 1. The molecule has 0 aliphatic rings. The molecule has 0 bridgehead atoms. The molecule has 0 fully saturated rings. The van der Waals surface area contributed by atoms with E-state index in [1.165, 1.54) is 30.3 Å². The topological polar surface area (TPSA) is 95.4 Å². The summed E-state index contributed by atoms with van der Waals surface area (Å²) in [5.74, 6) is -0.677. The van der Waals surface area contributed by atoms with E-state index in [4.69, 9.17) is 15.6 Å². The van der Waals surface area contributed by atoms with Gasteiger partial charge in [0, 0.05) is 4.47 Å². The number of hydrogen-bond donors (Lipinski definition) is 2. The lowest BCUT2D eigenvalue weighted by Gasteiger charge is -2.11. The Morgan fingerprint density at radius 3 is 2.45 bits per heavy atom. The maximum Gasteiger partial charge on any atom is 0.240 e. The van der Waals surface area contributed by atoms with E-state index in [0.717, 1.165) is 0 Å². The van der Waals surface area contributed by atoms with Gasteiger partial charge in [-0.25, -0.2) is 17.9 Å². The summed E-state index contributed by atoms with van der Waals surface area (Å²) < 4.78 is 42.2. The van der Waals surface area contributed by atoms with E-state index in [0.29, 0.717) is 4.47 Å². The van der Waals surface area contributed by atoms with E-state index in [2.05, 4.69) is 15.9 Å². The van der Waals surface area contributed by atoms with E-state index < -0.39 is 15.8 Å². The molecule has 0 atom stereocenters. The zero-order valence-corrected chi connectivity index (χ0v) is 12.4. The summed E-state index contributed by atoms with van der Waals surface area (Å²) in [4.78, 5) is -0.271. The second-order valence-electron chi connectivity index (χ2n) is 3.89. The number of ether oxygens (including phenoxy) is 1. The van der Waals surface area contributed by atoms with Gasteiger partial charge in [0.15, 0.2) is 17.3 Å². The SMILES string of the molecule is Nc1c(Oc2ccc(Br)cc2F)cccc1S(N)(=O)=O. The predicted molar refractivity (Wildman–Crippen MR) is 76.4 cm³/mol. The molecule has 0 radical (unpaired) electrons. The van der Waals surface area contributed by atoms with E-state index in [1.54, 1.807) is 6.07 Å². The molecule has 4 N–H and O–H groups in total. The van der Waals surface area contributed by atoms with Crippen molar-refractivity contribution >= 4 is 31.6 Å². The Labute approximate surface area is 123 Å². The van der Waals surface area contributed by atoms with Crippen molar-refractivity contribution in [3.63, 3.8) is 0 Å². The van der Waals surface area contributed by atoms with Crippen LogP contribution in [0.4, 0.5) is 10.1 Å². The number of hydrogen-bond acceptors (Lipinski definition) is 4. The van der Waals surface area contributed by atoms with Crippen LogP contribution in [0.15, 0.2) is 45.8 Å². The molecule has 0 spiro atoms. The minimum absolute atomic E-state index is 0.0118. The first-order valence-corrected chi connectivity index (χ1v) is 7.67. The number of nitrogen functional groups attached to an aromatic ring is 1. The molecule has 2 rings (SSSR count). The third kappa shape index (κ3) is 3.09. The summed E-state index contributed by atoms with van der Waals surface area (Å²) in [7, 11) is -3.97. The second-order valence-corrected chi connectivity index (χ2v) is 6.34. The highest BCUT2D eigenvalue weighted by Crippen LogP contribution is 2.33. The number of rotatable bonds is 3. The summed E-state index contributed by atoms with van der Waals surface area (Å²) in [5.41, 5.74) is 5.51. The highest BCUT2D eigenvalue weighted by atomic mass is 79.9. The lowest BCUT2D eigenvalue weighted by molar-refractivity contribution is 0.443. The average Bonchev–Trinajstić information content (AvgIpc) is 2.33. The number of nitrogens with two attached hydrogens (primary N) is 2. The normalized spacial score (nSPS) is 11.3. The molecular formula is C12H10BrFN2O3S. The zero-order valence-electron chi connectivity index (χ0n) is 10.0. The molecule has 8 heteroatoms. The first-order valence-electron chi connectivity index (χ1n) is 5.33. The monoisotopic (exact) mass is 360 g/mol. The molecule has 0 heterocycles. The number of sulfonamides is 1. The molecule has 0 aromatic heterocycles. The van der Waals surface area contributed by atoms with Crippen LogP contribution in [0.3, 0.4) is 0 Å². The van der Waals surface area contributed by atoms with Crippen molar-refractivity contribution in [3.05, 3.63) is 46.7 Å². The van der Waals surface area contributed by atoms with E-state index >= 15 is 0 Å². The standard InChI is InChI=1S/C12H10BrFN2O3S/c13-7-4-5-9(8(14)6-7)19-10-2-1-3-11(12(10)15)20(16,17)18/h1-6H,15H2,(H2,16,17,18). The van der Waals surface area contributed by atoms with Crippen LogP contribution in [-0.4, -0.2) is 8.42 Å². The molecule has 0 amide bonds. The molecule has 0 saturated carbocycles. The fourth-order valence-corrected chi connectivity index (χ4v) is 2.55. The maximum atomic E-state index is 13.7. The van der Waals surface area contributed by atoms with Crippen LogP contribution in [0.5, 0.6) is 11.5 Å². The number of benzene rings is 2. The van der Waals surface area contributed by atoms with Crippen molar-refractivity contribution in [3.8, 4) is 11.5 Å². The van der Waals surface area contributed by atoms with Gasteiger partial charge in [0.2, 0.25) is 10.0 Å². The summed E-state index contributed by atoms with van der Waals surface area (Å²) >= 11 is 3.12. The Morgan fingerprint density at radius 2 is 1.85 bits per heavy atom. The summed E-state index contributed by atoms with van der Waals surface area (Å²) in [6.07, 6.45) is 0. The fraction of sp³-hybridized carbons (Fsp3) is 0. The van der Waals surface area contributed by atoms with Crippen molar-refractivity contribution in [2.24, 2.45) is 5.14 Å². The Kier molecular flexibility index (Phi) is 3.98. The van der Waals surface area contributed by atoms with Gasteiger partial charge in [-0.15, -0.1) is 0 Å². The predicted octanol–water partition coefficient (Wildman–Crippen LogP) is 2.61. The molecule has 2 aromatic rings. The lowest BCUT2D eigenvalue weighted by atomic mass is 10.3. The summed E-state index contributed by atoms with van der Waals surface area (Å²) in [5, 5.41) is 5.03. The van der Waals surface area contributed by atoms with E-state index in [9.17, 15) is 12.8 Å². The molecular weight excluding hydrogens is 351 g/mol. The maximum absolute atomic E-state index is 13.7. The quantitative estimate of drug-likeness (QED) is 0.822. The van der Waals surface area contributed by atoms with Crippen LogP contribution >= 0.6 is 15.9 Å². The van der Waals surface area contributed by atoms with E-state index in [-0.39, 0.29) is 22.1 Å². The lowest BCUT2D eigenvalue weighted by Crippen LogP contribution is -2.14. The van der Waals surface area contributed by atoms with Gasteiger partial charge in [-0.3, -0.25) is 0 Å². The molecule has 0 aliphatic carbocycles. The van der Waals surface area contributed by atoms with Crippen LogP contribution in [0.2, 0.25) is 0 Å². The molecule has 20 heavy (non-hydrogen) atoms. The Bertz CT molecular complexity index is 765. The van der Waals surface area contributed by atoms with Crippen molar-refractivity contribution in [1.82, 2.24) is 0 Å². The van der Waals surface area contributed by atoms with Crippen LogP contribution in [-0.2, 0) is 10.0 Å². The van der Waals surface area contributed by atoms with Crippen molar-refractivity contribution in [2.45, 2.75) is 4.90 Å². The first-order chi connectivity index (χ1) is 9.29. The minimum Gasteiger partial charge on any atom is -0.452 e. The van der Waals surface area contributed by atoms with Crippen molar-refractivity contribution in [2.75, 3.05) is 5.73 Å². The van der Waals surface area contributed by atoms with Gasteiger partial charge in [0.25, 0.3) is 0 Å². The highest BCUT2D eigenvalue weighted by Gasteiger charge is 2.16. The molecule has 2 aromatic carbocycles.